The number of nitrogens with one attached hydrogen (secondary N) is 1. The zero-order valence-corrected chi connectivity index (χ0v) is 11.2. The first-order valence-electron chi connectivity index (χ1n) is 6.42. The maximum absolute atomic E-state index is 13.1. The van der Waals surface area contributed by atoms with Crippen molar-refractivity contribution in [2.24, 2.45) is 0 Å². The van der Waals surface area contributed by atoms with Gasteiger partial charge in [-0.2, -0.15) is 13.2 Å². The number of hydrogen-bond acceptors (Lipinski definition) is 4. The van der Waals surface area contributed by atoms with Gasteiger partial charge < -0.3 is 10.4 Å². The molecule has 116 valence electrons. The van der Waals surface area contributed by atoms with Crippen molar-refractivity contribution < 1.29 is 23.2 Å². The van der Waals surface area contributed by atoms with Crippen LogP contribution < -0.4 is 5.32 Å². The van der Waals surface area contributed by atoms with Crippen LogP contribution in [-0.4, -0.2) is 34.9 Å². The van der Waals surface area contributed by atoms with Crippen molar-refractivity contribution in [3.8, 4) is 0 Å². The number of hydrogen-bond donors (Lipinski definition) is 2. The number of aliphatic hydroxyl groups is 1. The van der Waals surface area contributed by atoms with Gasteiger partial charge in [-0.1, -0.05) is 6.07 Å². The van der Waals surface area contributed by atoms with Gasteiger partial charge in [0.25, 0.3) is 5.69 Å². The van der Waals surface area contributed by atoms with E-state index in [1.807, 2.05) is 0 Å². The Labute approximate surface area is 118 Å². The van der Waals surface area contributed by atoms with Crippen LogP contribution in [0.5, 0.6) is 0 Å². The monoisotopic (exact) mass is 304 g/mol. The fraction of sp³-hybridized carbons (Fsp3) is 0.538. The summed E-state index contributed by atoms with van der Waals surface area (Å²) in [5, 5.41) is 22.2. The number of alkyl halides is 3. The minimum absolute atomic E-state index is 0.119. The standard InChI is InChI=1S/C13H15F3N2O3/c1-7-4-8(2-3-11(7)18(20)21)10-5-9(6-19)17-12(10)13(14,15)16/h2-4,9-10,12,17,19H,5-6H2,1H3/t9-,10?,12-/m0/s1. The first-order valence-corrected chi connectivity index (χ1v) is 6.42. The second-order valence-electron chi connectivity index (χ2n) is 5.21. The molecule has 1 unspecified atom stereocenters. The van der Waals surface area contributed by atoms with Gasteiger partial charge in [-0.25, -0.2) is 0 Å². The van der Waals surface area contributed by atoms with Crippen LogP contribution in [0.25, 0.3) is 0 Å². The second-order valence-corrected chi connectivity index (χ2v) is 5.21. The van der Waals surface area contributed by atoms with Crippen LogP contribution in [0.1, 0.15) is 23.5 Å². The van der Waals surface area contributed by atoms with E-state index in [1.54, 1.807) is 0 Å². The number of aryl methyl sites for hydroxylation is 1. The predicted molar refractivity (Wildman–Crippen MR) is 69.0 cm³/mol. The Hall–Kier alpha value is -1.67. The summed E-state index contributed by atoms with van der Waals surface area (Å²) in [6.45, 7) is 1.12. The Kier molecular flexibility index (Phi) is 4.20. The molecule has 2 rings (SSSR count). The summed E-state index contributed by atoms with van der Waals surface area (Å²) < 4.78 is 39.2. The molecule has 2 N–H and O–H groups in total. The summed E-state index contributed by atoms with van der Waals surface area (Å²) in [5.41, 5.74) is 0.599. The lowest BCUT2D eigenvalue weighted by molar-refractivity contribution is -0.385. The molecule has 0 saturated carbocycles. The Morgan fingerprint density at radius 1 is 1.48 bits per heavy atom. The number of halogens is 3. The van der Waals surface area contributed by atoms with Crippen LogP contribution in [-0.2, 0) is 0 Å². The van der Waals surface area contributed by atoms with E-state index in [2.05, 4.69) is 5.32 Å². The van der Waals surface area contributed by atoms with Crippen molar-refractivity contribution in [2.75, 3.05) is 6.61 Å². The van der Waals surface area contributed by atoms with Crippen LogP contribution in [0.3, 0.4) is 0 Å². The summed E-state index contributed by atoms with van der Waals surface area (Å²) in [7, 11) is 0. The fourth-order valence-corrected chi connectivity index (χ4v) is 2.77. The van der Waals surface area contributed by atoms with E-state index in [0.29, 0.717) is 11.1 Å². The molecule has 1 saturated heterocycles. The van der Waals surface area contributed by atoms with Crippen LogP contribution in [0.2, 0.25) is 0 Å². The van der Waals surface area contributed by atoms with E-state index in [9.17, 15) is 23.3 Å². The smallest absolute Gasteiger partial charge is 0.395 e. The third-order valence-electron chi connectivity index (χ3n) is 3.77. The van der Waals surface area contributed by atoms with Crippen LogP contribution in [0.15, 0.2) is 18.2 Å². The van der Waals surface area contributed by atoms with Gasteiger partial charge in [0.05, 0.1) is 11.5 Å². The SMILES string of the molecule is Cc1cc(C2C[C@@H](CO)N[C@@H]2C(F)(F)F)ccc1[N+](=O)[O-]. The molecule has 0 bridgehead atoms. The summed E-state index contributed by atoms with van der Waals surface area (Å²) >= 11 is 0. The lowest BCUT2D eigenvalue weighted by atomic mass is 9.89. The number of rotatable bonds is 3. The van der Waals surface area contributed by atoms with E-state index in [0.717, 1.165) is 0 Å². The maximum Gasteiger partial charge on any atom is 0.404 e. The van der Waals surface area contributed by atoms with Gasteiger partial charge in [-0.15, -0.1) is 0 Å². The van der Waals surface area contributed by atoms with E-state index in [1.165, 1.54) is 25.1 Å². The second kappa shape index (κ2) is 5.61. The normalized spacial score (nSPS) is 26.0. The molecule has 1 aliphatic rings. The highest BCUT2D eigenvalue weighted by atomic mass is 19.4. The van der Waals surface area contributed by atoms with E-state index >= 15 is 0 Å². The van der Waals surface area contributed by atoms with Gasteiger partial charge >= 0.3 is 6.18 Å². The van der Waals surface area contributed by atoms with E-state index in [-0.39, 0.29) is 18.7 Å². The summed E-state index contributed by atoms with van der Waals surface area (Å²) in [6.07, 6.45) is -4.30. The maximum atomic E-state index is 13.1. The van der Waals surface area contributed by atoms with Gasteiger partial charge in [0.2, 0.25) is 0 Å². The molecule has 1 aromatic rings. The van der Waals surface area contributed by atoms with E-state index < -0.39 is 29.1 Å². The zero-order valence-electron chi connectivity index (χ0n) is 11.2. The molecular weight excluding hydrogens is 289 g/mol. The van der Waals surface area contributed by atoms with Crippen molar-refractivity contribution >= 4 is 5.69 Å². The molecule has 0 aromatic heterocycles. The molecule has 3 atom stereocenters. The molecule has 1 fully saturated rings. The highest BCUT2D eigenvalue weighted by Gasteiger charge is 2.50. The minimum atomic E-state index is -4.44. The molecule has 8 heteroatoms. The number of nitro benzene ring substituents is 1. The van der Waals surface area contributed by atoms with Crippen molar-refractivity contribution in [2.45, 2.75) is 37.5 Å². The highest BCUT2D eigenvalue weighted by molar-refractivity contribution is 5.43. The third-order valence-corrected chi connectivity index (χ3v) is 3.77. The molecule has 1 aromatic carbocycles. The molecule has 0 radical (unpaired) electrons. The van der Waals surface area contributed by atoms with Gasteiger partial charge in [0.1, 0.15) is 6.04 Å². The van der Waals surface area contributed by atoms with Gasteiger partial charge in [-0.3, -0.25) is 10.1 Å². The quantitative estimate of drug-likeness (QED) is 0.663. The first-order chi connectivity index (χ1) is 9.74. The molecule has 5 nitrogen and oxygen atoms in total. The lowest BCUT2D eigenvalue weighted by Gasteiger charge is -2.22. The minimum Gasteiger partial charge on any atom is -0.395 e. The molecule has 21 heavy (non-hydrogen) atoms. The van der Waals surface area contributed by atoms with Gasteiger partial charge in [0, 0.05) is 23.6 Å². The molecular formula is C13H15F3N2O3. The Bertz CT molecular complexity index is 548. The Morgan fingerprint density at radius 3 is 2.62 bits per heavy atom. The third kappa shape index (κ3) is 3.16. The van der Waals surface area contributed by atoms with Gasteiger partial charge in [0.15, 0.2) is 0 Å². The average Bonchev–Trinajstić information content (AvgIpc) is 2.82. The number of nitrogens with zero attached hydrogens (tertiary/aromatic N) is 1. The van der Waals surface area contributed by atoms with E-state index in [4.69, 9.17) is 5.11 Å². The predicted octanol–water partition coefficient (Wildman–Crippen LogP) is 2.27. The van der Waals surface area contributed by atoms with Crippen molar-refractivity contribution in [3.63, 3.8) is 0 Å². The molecule has 0 amide bonds. The number of nitro groups is 1. The average molecular weight is 304 g/mol. The highest BCUT2D eigenvalue weighted by Crippen LogP contribution is 2.40. The summed E-state index contributed by atoms with van der Waals surface area (Å²) in [4.78, 5) is 10.2. The fourth-order valence-electron chi connectivity index (χ4n) is 2.77. The molecule has 0 aliphatic carbocycles. The summed E-state index contributed by atoms with van der Waals surface area (Å²) in [5.74, 6) is -0.860. The Balaban J connectivity index is 2.35. The van der Waals surface area contributed by atoms with Crippen LogP contribution >= 0.6 is 0 Å². The molecule has 0 spiro atoms. The van der Waals surface area contributed by atoms with Crippen molar-refractivity contribution in [1.29, 1.82) is 0 Å². The largest absolute Gasteiger partial charge is 0.404 e. The van der Waals surface area contributed by atoms with Gasteiger partial charge in [-0.05, 0) is 25.0 Å². The molecule has 1 aliphatic heterocycles. The molecule has 1 heterocycles. The zero-order chi connectivity index (χ0) is 15.8. The number of benzene rings is 1. The summed E-state index contributed by atoms with van der Waals surface area (Å²) in [6, 6.07) is 1.62. The van der Waals surface area contributed by atoms with Crippen LogP contribution in [0, 0.1) is 17.0 Å². The topological polar surface area (TPSA) is 75.4 Å². The first kappa shape index (κ1) is 15.7. The van der Waals surface area contributed by atoms with Crippen molar-refractivity contribution in [1.82, 2.24) is 5.32 Å². The number of aliphatic hydroxyl groups excluding tert-OH is 1. The van der Waals surface area contributed by atoms with Crippen molar-refractivity contribution in [3.05, 3.63) is 39.4 Å². The van der Waals surface area contributed by atoms with Crippen LogP contribution in [0.4, 0.5) is 18.9 Å². The lowest BCUT2D eigenvalue weighted by Crippen LogP contribution is -2.43. The Morgan fingerprint density at radius 2 is 2.14 bits per heavy atom.